The summed E-state index contributed by atoms with van der Waals surface area (Å²) in [6.07, 6.45) is -4.45. The van der Waals surface area contributed by atoms with Gasteiger partial charge in [0.1, 0.15) is 17.0 Å². The molecule has 2 N–H and O–H groups in total. The number of fused-ring (bicyclic) bond motifs is 1. The number of hydrogen-bond acceptors (Lipinski definition) is 4. The van der Waals surface area contributed by atoms with E-state index in [1.165, 1.54) is 36.0 Å². The van der Waals surface area contributed by atoms with E-state index in [4.69, 9.17) is 0 Å². The summed E-state index contributed by atoms with van der Waals surface area (Å²) in [5, 5.41) is 7.48. The number of H-pyrrole nitrogens is 1. The number of alkyl halides is 3. The van der Waals surface area contributed by atoms with E-state index in [1.54, 1.807) is 12.1 Å². The van der Waals surface area contributed by atoms with Gasteiger partial charge in [-0.3, -0.25) is 14.3 Å². The first-order valence-electron chi connectivity index (χ1n) is 9.48. The first-order valence-corrected chi connectivity index (χ1v) is 9.48. The topological polar surface area (TPSA) is 84.7 Å². The van der Waals surface area contributed by atoms with Crippen LogP contribution in [0.4, 0.5) is 23.4 Å². The third-order valence-electron chi connectivity index (χ3n) is 4.99. The number of benzene rings is 2. The highest BCUT2D eigenvalue weighted by Gasteiger charge is 2.30. The number of nitrogens with zero attached hydrogens (tertiary/aromatic N) is 3. The van der Waals surface area contributed by atoms with Crippen LogP contribution in [0.15, 0.2) is 58.1 Å². The predicted octanol–water partition coefficient (Wildman–Crippen LogP) is 3.24. The van der Waals surface area contributed by atoms with E-state index in [9.17, 15) is 27.2 Å². The lowest BCUT2D eigenvalue weighted by Gasteiger charge is -2.12. The lowest BCUT2D eigenvalue weighted by molar-refractivity contribution is -0.137. The third kappa shape index (κ3) is 4.13. The first-order chi connectivity index (χ1) is 15.1. The van der Waals surface area contributed by atoms with Gasteiger partial charge in [0.15, 0.2) is 5.65 Å². The number of halogens is 4. The molecular formula is C21H17F4N5O2. The van der Waals surface area contributed by atoms with E-state index >= 15 is 0 Å². The van der Waals surface area contributed by atoms with E-state index in [2.05, 4.69) is 15.4 Å². The monoisotopic (exact) mass is 447 g/mol. The Hall–Kier alpha value is -3.89. The van der Waals surface area contributed by atoms with Gasteiger partial charge in [0.25, 0.3) is 5.56 Å². The van der Waals surface area contributed by atoms with Gasteiger partial charge in [-0.15, -0.1) is 0 Å². The first kappa shape index (κ1) is 21.3. The number of aromatic amines is 1. The lowest BCUT2D eigenvalue weighted by atomic mass is 10.1. The highest BCUT2D eigenvalue weighted by molar-refractivity contribution is 5.86. The number of aromatic nitrogens is 4. The number of nitrogens with one attached hydrogen (secondary N) is 2. The molecule has 0 saturated heterocycles. The van der Waals surface area contributed by atoms with Crippen molar-refractivity contribution in [1.82, 2.24) is 19.3 Å². The zero-order chi connectivity index (χ0) is 23.0. The molecule has 2 aromatic carbocycles. The Morgan fingerprint density at radius 3 is 2.25 bits per heavy atom. The van der Waals surface area contributed by atoms with Crippen LogP contribution in [-0.2, 0) is 26.3 Å². The Bertz CT molecular complexity index is 1380. The van der Waals surface area contributed by atoms with E-state index in [1.807, 2.05) is 0 Å². The van der Waals surface area contributed by atoms with Crippen molar-refractivity contribution in [2.75, 3.05) is 5.32 Å². The van der Waals surface area contributed by atoms with E-state index in [0.717, 1.165) is 22.3 Å². The van der Waals surface area contributed by atoms with Crippen LogP contribution in [0.25, 0.3) is 11.0 Å². The number of rotatable bonds is 5. The minimum atomic E-state index is -4.45. The van der Waals surface area contributed by atoms with Crippen molar-refractivity contribution in [3.63, 3.8) is 0 Å². The van der Waals surface area contributed by atoms with Crippen LogP contribution >= 0.6 is 0 Å². The molecule has 0 radical (unpaired) electrons. The third-order valence-corrected chi connectivity index (χ3v) is 4.99. The van der Waals surface area contributed by atoms with Crippen molar-refractivity contribution in [2.45, 2.75) is 19.3 Å². The van der Waals surface area contributed by atoms with Crippen molar-refractivity contribution in [2.24, 2.45) is 7.05 Å². The van der Waals surface area contributed by atoms with Crippen LogP contribution in [-0.4, -0.2) is 19.3 Å². The van der Waals surface area contributed by atoms with Crippen molar-refractivity contribution < 1.29 is 17.6 Å². The Labute approximate surface area is 177 Å². The summed E-state index contributed by atoms with van der Waals surface area (Å²) in [7, 11) is 1.32. The standard InChI is InChI=1S/C21H17F4N5O2/c1-29-19(31)16-17(27-20(29)32)28-30(11-13-2-6-14(7-3-13)21(23,24)25)18(16)26-10-12-4-8-15(22)9-5-12/h2-9,26H,10-11H2,1H3,(H,27,28,32). The summed E-state index contributed by atoms with van der Waals surface area (Å²) in [4.78, 5) is 27.2. The molecule has 32 heavy (non-hydrogen) atoms. The van der Waals surface area contributed by atoms with Crippen LogP contribution in [0.5, 0.6) is 0 Å². The van der Waals surface area contributed by atoms with E-state index < -0.39 is 28.8 Å². The molecule has 0 aliphatic heterocycles. The van der Waals surface area contributed by atoms with Crippen LogP contribution in [0, 0.1) is 5.82 Å². The summed E-state index contributed by atoms with van der Waals surface area (Å²) in [6.45, 7) is 0.264. The summed E-state index contributed by atoms with van der Waals surface area (Å²) in [5.41, 5.74) is -0.722. The Kier molecular flexibility index (Phi) is 5.33. The van der Waals surface area contributed by atoms with E-state index in [-0.39, 0.29) is 29.9 Å². The molecular weight excluding hydrogens is 430 g/mol. The van der Waals surface area contributed by atoms with Crippen LogP contribution in [0.3, 0.4) is 0 Å². The van der Waals surface area contributed by atoms with Crippen molar-refractivity contribution in [3.05, 3.63) is 91.9 Å². The minimum Gasteiger partial charge on any atom is -0.365 e. The second-order valence-corrected chi connectivity index (χ2v) is 7.20. The normalized spacial score (nSPS) is 11.8. The quantitative estimate of drug-likeness (QED) is 0.460. The second-order valence-electron chi connectivity index (χ2n) is 7.20. The molecule has 0 unspecified atom stereocenters. The van der Waals surface area contributed by atoms with Gasteiger partial charge in [0, 0.05) is 13.6 Å². The van der Waals surface area contributed by atoms with Crippen molar-refractivity contribution in [1.29, 1.82) is 0 Å². The molecule has 0 amide bonds. The SMILES string of the molecule is Cn1c(=O)[nH]c2nn(Cc3ccc(C(F)(F)F)cc3)c(NCc3ccc(F)cc3)c2c1=O. The molecule has 0 atom stereocenters. The van der Waals surface area contributed by atoms with Gasteiger partial charge >= 0.3 is 11.9 Å². The second kappa shape index (κ2) is 7.98. The van der Waals surface area contributed by atoms with Gasteiger partial charge in [-0.2, -0.15) is 18.3 Å². The molecule has 0 aliphatic rings. The molecule has 4 aromatic rings. The molecule has 4 rings (SSSR count). The average Bonchev–Trinajstić information content (AvgIpc) is 3.08. The number of hydrogen-bond donors (Lipinski definition) is 2. The highest BCUT2D eigenvalue weighted by atomic mass is 19.4. The van der Waals surface area contributed by atoms with Crippen LogP contribution in [0.1, 0.15) is 16.7 Å². The Balaban J connectivity index is 1.74. The van der Waals surface area contributed by atoms with Crippen molar-refractivity contribution >= 4 is 16.9 Å². The summed E-state index contributed by atoms with van der Waals surface area (Å²) in [6, 6.07) is 10.3. The van der Waals surface area contributed by atoms with Crippen LogP contribution < -0.4 is 16.6 Å². The molecule has 0 fully saturated rings. The van der Waals surface area contributed by atoms with Gasteiger partial charge in [-0.05, 0) is 35.4 Å². The molecule has 0 saturated carbocycles. The molecule has 2 aromatic heterocycles. The molecule has 0 spiro atoms. The zero-order valence-electron chi connectivity index (χ0n) is 16.7. The van der Waals surface area contributed by atoms with Gasteiger partial charge in [0.2, 0.25) is 0 Å². The van der Waals surface area contributed by atoms with Gasteiger partial charge in [-0.25, -0.2) is 13.9 Å². The van der Waals surface area contributed by atoms with Gasteiger partial charge in [-0.1, -0.05) is 24.3 Å². The minimum absolute atomic E-state index is 0.0454. The average molecular weight is 447 g/mol. The maximum absolute atomic E-state index is 13.2. The Morgan fingerprint density at radius 1 is 1.00 bits per heavy atom. The predicted molar refractivity (Wildman–Crippen MR) is 110 cm³/mol. The fraction of sp³-hybridized carbons (Fsp3) is 0.190. The fourth-order valence-electron chi connectivity index (χ4n) is 3.25. The lowest BCUT2D eigenvalue weighted by Crippen LogP contribution is -2.32. The molecule has 2 heterocycles. The maximum Gasteiger partial charge on any atom is 0.416 e. The van der Waals surface area contributed by atoms with Crippen molar-refractivity contribution in [3.8, 4) is 0 Å². The van der Waals surface area contributed by atoms with Gasteiger partial charge < -0.3 is 5.32 Å². The zero-order valence-corrected chi connectivity index (χ0v) is 16.7. The summed E-state index contributed by atoms with van der Waals surface area (Å²) in [5.74, 6) is -0.112. The van der Waals surface area contributed by atoms with Crippen LogP contribution in [0.2, 0.25) is 0 Å². The fourth-order valence-corrected chi connectivity index (χ4v) is 3.25. The molecule has 0 aliphatic carbocycles. The van der Waals surface area contributed by atoms with Gasteiger partial charge in [0.05, 0.1) is 12.1 Å². The highest BCUT2D eigenvalue weighted by Crippen LogP contribution is 2.29. The van der Waals surface area contributed by atoms with E-state index in [0.29, 0.717) is 5.56 Å². The molecule has 166 valence electrons. The maximum atomic E-state index is 13.2. The summed E-state index contributed by atoms with van der Waals surface area (Å²) < 4.78 is 54.0. The summed E-state index contributed by atoms with van der Waals surface area (Å²) >= 11 is 0. The smallest absolute Gasteiger partial charge is 0.365 e. The number of anilines is 1. The Morgan fingerprint density at radius 2 is 1.62 bits per heavy atom. The molecule has 0 bridgehead atoms. The molecule has 7 nitrogen and oxygen atoms in total. The molecule has 11 heteroatoms. The largest absolute Gasteiger partial charge is 0.416 e.